The topological polar surface area (TPSA) is 89.3 Å². The highest BCUT2D eigenvalue weighted by molar-refractivity contribution is 6.27. The van der Waals surface area contributed by atoms with Crippen LogP contribution < -0.4 is 9.64 Å². The van der Waals surface area contributed by atoms with Crippen LogP contribution in [0.15, 0.2) is 30.6 Å². The molecule has 140 valence electrons. The summed E-state index contributed by atoms with van der Waals surface area (Å²) >= 11 is 5.64. The normalized spacial score (nSPS) is 14.6. The summed E-state index contributed by atoms with van der Waals surface area (Å²) in [7, 11) is 1.62. The van der Waals surface area contributed by atoms with E-state index < -0.39 is 0 Å². The van der Waals surface area contributed by atoms with Crippen molar-refractivity contribution in [3.8, 4) is 11.4 Å². The van der Waals surface area contributed by atoms with Crippen LogP contribution >= 0.6 is 11.6 Å². The first-order valence-corrected chi connectivity index (χ1v) is 9.04. The molecule has 0 spiro atoms. The van der Waals surface area contributed by atoms with Crippen molar-refractivity contribution >= 4 is 34.5 Å². The molecule has 10 heteroatoms. The molecule has 1 fully saturated rings. The van der Waals surface area contributed by atoms with Crippen molar-refractivity contribution in [1.29, 1.82) is 0 Å². The van der Waals surface area contributed by atoms with E-state index in [-0.39, 0.29) is 11.8 Å². The van der Waals surface area contributed by atoms with E-state index in [2.05, 4.69) is 25.2 Å². The van der Waals surface area contributed by atoms with Gasteiger partial charge in [0.2, 0.25) is 5.91 Å². The molecule has 1 aromatic carbocycles. The number of rotatable bonds is 4. The van der Waals surface area contributed by atoms with Crippen LogP contribution in [0.4, 0.5) is 5.82 Å². The average molecular weight is 388 g/mol. The highest BCUT2D eigenvalue weighted by atomic mass is 35.5. The van der Waals surface area contributed by atoms with Gasteiger partial charge in [-0.3, -0.25) is 4.79 Å². The lowest BCUT2D eigenvalue weighted by atomic mass is 10.3. The Morgan fingerprint density at radius 1 is 1.22 bits per heavy atom. The lowest BCUT2D eigenvalue weighted by Crippen LogP contribution is -2.49. The Bertz CT molecular complexity index is 969. The summed E-state index contributed by atoms with van der Waals surface area (Å²) in [5, 5.41) is 8.55. The quantitative estimate of drug-likeness (QED) is 0.619. The first kappa shape index (κ1) is 17.5. The van der Waals surface area contributed by atoms with E-state index in [4.69, 9.17) is 16.3 Å². The van der Waals surface area contributed by atoms with Crippen LogP contribution in [0.25, 0.3) is 16.9 Å². The third kappa shape index (κ3) is 3.25. The molecule has 0 bridgehead atoms. The molecule has 1 aliphatic heterocycles. The van der Waals surface area contributed by atoms with Crippen molar-refractivity contribution in [2.75, 3.05) is 44.1 Å². The third-order valence-corrected chi connectivity index (χ3v) is 4.79. The van der Waals surface area contributed by atoms with Crippen LogP contribution in [0.1, 0.15) is 0 Å². The number of benzene rings is 1. The number of hydrogen-bond acceptors (Lipinski definition) is 7. The molecular formula is C17H18ClN7O2. The largest absolute Gasteiger partial charge is 0.497 e. The van der Waals surface area contributed by atoms with E-state index in [0.717, 1.165) is 11.4 Å². The lowest BCUT2D eigenvalue weighted by Gasteiger charge is -2.35. The van der Waals surface area contributed by atoms with E-state index in [9.17, 15) is 4.79 Å². The van der Waals surface area contributed by atoms with Crippen LogP contribution in [0.2, 0.25) is 0 Å². The number of carbonyl (C=O) groups is 1. The molecule has 9 nitrogen and oxygen atoms in total. The molecule has 3 aromatic rings. The fourth-order valence-corrected chi connectivity index (χ4v) is 3.31. The van der Waals surface area contributed by atoms with Crippen LogP contribution in [0, 0.1) is 0 Å². The predicted molar refractivity (Wildman–Crippen MR) is 101 cm³/mol. The number of halogens is 1. The van der Waals surface area contributed by atoms with Gasteiger partial charge in [0, 0.05) is 32.2 Å². The van der Waals surface area contributed by atoms with Gasteiger partial charge in [-0.1, -0.05) is 11.3 Å². The van der Waals surface area contributed by atoms with Crippen molar-refractivity contribution in [3.63, 3.8) is 0 Å². The number of hydrogen-bond donors (Lipinski definition) is 0. The summed E-state index contributed by atoms with van der Waals surface area (Å²) in [4.78, 5) is 24.4. The summed E-state index contributed by atoms with van der Waals surface area (Å²) in [6.45, 7) is 2.50. The number of carbonyl (C=O) groups excluding carboxylic acids is 1. The Morgan fingerprint density at radius 2 is 2.04 bits per heavy atom. The number of alkyl halides is 1. The van der Waals surface area contributed by atoms with Crippen LogP contribution in [0.3, 0.4) is 0 Å². The third-order valence-electron chi connectivity index (χ3n) is 4.56. The fraction of sp³-hybridized carbons (Fsp3) is 0.353. The molecule has 0 N–H and O–H groups in total. The van der Waals surface area contributed by atoms with Crippen molar-refractivity contribution in [1.82, 2.24) is 29.9 Å². The second-order valence-corrected chi connectivity index (χ2v) is 6.34. The number of aromatic nitrogens is 5. The van der Waals surface area contributed by atoms with Gasteiger partial charge >= 0.3 is 0 Å². The molecule has 27 heavy (non-hydrogen) atoms. The maximum atomic E-state index is 11.7. The van der Waals surface area contributed by atoms with Gasteiger partial charge in [-0.25, -0.2) is 9.97 Å². The summed E-state index contributed by atoms with van der Waals surface area (Å²) in [6.07, 6.45) is 1.51. The summed E-state index contributed by atoms with van der Waals surface area (Å²) in [5.41, 5.74) is 2.05. The Balaban J connectivity index is 1.64. The van der Waals surface area contributed by atoms with E-state index in [1.165, 1.54) is 6.33 Å². The minimum atomic E-state index is -0.0480. The van der Waals surface area contributed by atoms with Gasteiger partial charge in [-0.2, -0.15) is 4.68 Å². The van der Waals surface area contributed by atoms with Crippen molar-refractivity contribution in [2.45, 2.75) is 0 Å². The smallest absolute Gasteiger partial charge is 0.237 e. The summed E-state index contributed by atoms with van der Waals surface area (Å²) in [5.74, 6) is 1.40. The lowest BCUT2D eigenvalue weighted by molar-refractivity contribution is -0.128. The highest BCUT2D eigenvalue weighted by Crippen LogP contribution is 2.24. The zero-order valence-corrected chi connectivity index (χ0v) is 15.5. The van der Waals surface area contributed by atoms with Crippen LogP contribution in [0.5, 0.6) is 5.75 Å². The van der Waals surface area contributed by atoms with E-state index in [1.807, 2.05) is 24.3 Å². The number of piperazine rings is 1. The van der Waals surface area contributed by atoms with Crippen molar-refractivity contribution in [3.05, 3.63) is 30.6 Å². The van der Waals surface area contributed by atoms with E-state index >= 15 is 0 Å². The minimum absolute atomic E-state index is 0.00656. The SMILES string of the molecule is COc1cccc(-n2nnc3c(N4CCN(C(=O)CCl)CC4)ncnc32)c1. The second kappa shape index (κ2) is 7.36. The molecule has 1 aliphatic rings. The van der Waals surface area contributed by atoms with Gasteiger partial charge < -0.3 is 14.5 Å². The van der Waals surface area contributed by atoms with Gasteiger partial charge in [-0.15, -0.1) is 16.7 Å². The fourth-order valence-electron chi connectivity index (χ4n) is 3.14. The molecule has 1 saturated heterocycles. The van der Waals surface area contributed by atoms with Gasteiger partial charge in [-0.05, 0) is 12.1 Å². The molecule has 4 rings (SSSR count). The molecule has 3 heterocycles. The molecule has 0 saturated carbocycles. The molecule has 1 amide bonds. The molecular weight excluding hydrogens is 370 g/mol. The first-order valence-electron chi connectivity index (χ1n) is 8.51. The Kier molecular flexibility index (Phi) is 4.76. The van der Waals surface area contributed by atoms with Crippen molar-refractivity contribution in [2.24, 2.45) is 0 Å². The zero-order valence-electron chi connectivity index (χ0n) is 14.7. The standard InChI is InChI=1S/C17H18ClN7O2/c1-27-13-4-2-3-12(9-13)25-17-15(21-22-25)16(19-11-20-17)24-7-5-23(6-8-24)14(26)10-18/h2-4,9,11H,5-8,10H2,1H3. The van der Waals surface area contributed by atoms with E-state index in [1.54, 1.807) is 16.7 Å². The number of ether oxygens (including phenoxy) is 1. The molecule has 0 radical (unpaired) electrons. The zero-order chi connectivity index (χ0) is 18.8. The van der Waals surface area contributed by atoms with Crippen LogP contribution in [-0.4, -0.2) is 74.9 Å². The van der Waals surface area contributed by atoms with Gasteiger partial charge in [0.05, 0.1) is 12.8 Å². The minimum Gasteiger partial charge on any atom is -0.497 e. The molecule has 2 aromatic heterocycles. The van der Waals surface area contributed by atoms with Gasteiger partial charge in [0.1, 0.15) is 18.0 Å². The van der Waals surface area contributed by atoms with Crippen LogP contribution in [-0.2, 0) is 4.79 Å². The Hall–Kier alpha value is -2.94. The monoisotopic (exact) mass is 387 g/mol. The maximum Gasteiger partial charge on any atom is 0.237 e. The predicted octanol–water partition coefficient (Wildman–Crippen LogP) is 1.11. The van der Waals surface area contributed by atoms with Gasteiger partial charge in [0.25, 0.3) is 0 Å². The highest BCUT2D eigenvalue weighted by Gasteiger charge is 2.24. The number of anilines is 1. The molecule has 0 aliphatic carbocycles. The maximum absolute atomic E-state index is 11.7. The number of methoxy groups -OCH3 is 1. The Labute approximate surface area is 160 Å². The summed E-state index contributed by atoms with van der Waals surface area (Å²) in [6, 6.07) is 7.53. The number of amides is 1. The second-order valence-electron chi connectivity index (χ2n) is 6.07. The first-order chi connectivity index (χ1) is 13.2. The molecule has 0 atom stereocenters. The number of fused-ring (bicyclic) bond motifs is 1. The average Bonchev–Trinajstić information content (AvgIpc) is 3.17. The Morgan fingerprint density at radius 3 is 2.78 bits per heavy atom. The summed E-state index contributed by atoms with van der Waals surface area (Å²) < 4.78 is 6.94. The van der Waals surface area contributed by atoms with Gasteiger partial charge in [0.15, 0.2) is 17.0 Å². The number of nitrogens with zero attached hydrogens (tertiary/aromatic N) is 7. The molecule has 0 unspecified atom stereocenters. The van der Waals surface area contributed by atoms with E-state index in [0.29, 0.717) is 43.2 Å². The van der Waals surface area contributed by atoms with Crippen molar-refractivity contribution < 1.29 is 9.53 Å².